The summed E-state index contributed by atoms with van der Waals surface area (Å²) in [5.41, 5.74) is 3.49. The highest BCUT2D eigenvalue weighted by Crippen LogP contribution is 2.29. The molecule has 0 N–H and O–H groups in total. The molecular formula is C19H21BrFN3O2S. The average molecular weight is 454 g/mol. The third-order valence-electron chi connectivity index (χ3n) is 3.96. The van der Waals surface area contributed by atoms with Crippen LogP contribution in [0.5, 0.6) is 0 Å². The zero-order chi connectivity index (χ0) is 20.2. The Kier molecular flexibility index (Phi) is 7.00. The van der Waals surface area contributed by atoms with Crippen LogP contribution < -0.4 is 0 Å². The van der Waals surface area contributed by atoms with Gasteiger partial charge in [-0.1, -0.05) is 29.8 Å². The third kappa shape index (κ3) is 5.07. The predicted molar refractivity (Wildman–Crippen MR) is 110 cm³/mol. The summed E-state index contributed by atoms with van der Waals surface area (Å²) < 4.78 is 37.2. The van der Waals surface area contributed by atoms with Gasteiger partial charge in [0.25, 0.3) is 0 Å². The van der Waals surface area contributed by atoms with Gasteiger partial charge in [0, 0.05) is 36.0 Å². The van der Waals surface area contributed by atoms with Crippen LogP contribution in [-0.2, 0) is 9.84 Å². The van der Waals surface area contributed by atoms with E-state index in [9.17, 15) is 12.8 Å². The summed E-state index contributed by atoms with van der Waals surface area (Å²) in [5, 5.41) is 0.308. The standard InChI is InChI=1S/C19H21BrFN3O2S/c1-12(2)15(11-20)17(16-9-10-23-19(24-16)27(4,25)26)18(22-3)13-5-7-14(21)8-6-13/h5-10,12H,11H2,1-4H3/b17-15-,22-18?. The van der Waals surface area contributed by atoms with Crippen molar-refractivity contribution in [3.05, 3.63) is 59.2 Å². The number of rotatable bonds is 6. The van der Waals surface area contributed by atoms with Gasteiger partial charge in [-0.15, -0.1) is 0 Å². The molecule has 1 heterocycles. The predicted octanol–water partition coefficient (Wildman–Crippen LogP) is 3.94. The summed E-state index contributed by atoms with van der Waals surface area (Å²) in [7, 11) is -1.92. The fourth-order valence-corrected chi connectivity index (χ4v) is 4.04. The number of halogens is 2. The van der Waals surface area contributed by atoms with Crippen LogP contribution in [0.1, 0.15) is 25.1 Å². The number of benzene rings is 1. The van der Waals surface area contributed by atoms with Gasteiger partial charge < -0.3 is 0 Å². The Labute approximate surface area is 167 Å². The second kappa shape index (κ2) is 8.84. The molecule has 5 nitrogen and oxygen atoms in total. The maximum atomic E-state index is 13.4. The molecule has 0 atom stereocenters. The van der Waals surface area contributed by atoms with Crippen LogP contribution in [0.4, 0.5) is 4.39 Å². The lowest BCUT2D eigenvalue weighted by atomic mass is 9.90. The molecule has 0 spiro atoms. The SMILES string of the molecule is CN=C(/C(=C(/CBr)C(C)C)c1ccnc(S(C)(=O)=O)n1)c1ccc(F)cc1. The van der Waals surface area contributed by atoms with Crippen molar-refractivity contribution in [3.63, 3.8) is 0 Å². The molecule has 1 aromatic carbocycles. The van der Waals surface area contributed by atoms with Gasteiger partial charge >= 0.3 is 0 Å². The quantitative estimate of drug-likeness (QED) is 0.377. The Hall–Kier alpha value is -1.93. The van der Waals surface area contributed by atoms with Crippen molar-refractivity contribution in [2.75, 3.05) is 18.6 Å². The first-order valence-electron chi connectivity index (χ1n) is 8.24. The highest BCUT2D eigenvalue weighted by molar-refractivity contribution is 9.09. The van der Waals surface area contributed by atoms with E-state index in [-0.39, 0.29) is 16.9 Å². The summed E-state index contributed by atoms with van der Waals surface area (Å²) in [6, 6.07) is 7.67. The maximum absolute atomic E-state index is 13.4. The van der Waals surface area contributed by atoms with Gasteiger partial charge in [-0.05, 0) is 41.8 Å². The summed E-state index contributed by atoms with van der Waals surface area (Å²) in [4.78, 5) is 12.6. The van der Waals surface area contributed by atoms with E-state index in [2.05, 4.69) is 30.9 Å². The van der Waals surface area contributed by atoms with Gasteiger partial charge in [-0.2, -0.15) is 0 Å². The molecule has 0 radical (unpaired) electrons. The van der Waals surface area contributed by atoms with Gasteiger partial charge in [0.2, 0.25) is 15.0 Å². The van der Waals surface area contributed by atoms with E-state index < -0.39 is 9.84 Å². The molecule has 144 valence electrons. The Morgan fingerprint density at radius 1 is 1.22 bits per heavy atom. The van der Waals surface area contributed by atoms with Crippen molar-refractivity contribution in [1.29, 1.82) is 0 Å². The molecule has 0 bridgehead atoms. The summed E-state index contributed by atoms with van der Waals surface area (Å²) in [6.07, 6.45) is 2.49. The van der Waals surface area contributed by atoms with E-state index in [0.29, 0.717) is 27.9 Å². The molecule has 0 aliphatic heterocycles. The molecule has 2 rings (SSSR count). The number of nitrogens with zero attached hydrogens (tertiary/aromatic N) is 3. The number of hydrogen-bond donors (Lipinski definition) is 0. The first-order chi connectivity index (χ1) is 12.7. The minimum atomic E-state index is -3.56. The molecule has 0 aliphatic carbocycles. The average Bonchev–Trinajstić information content (AvgIpc) is 2.62. The lowest BCUT2D eigenvalue weighted by Crippen LogP contribution is -2.14. The van der Waals surface area contributed by atoms with Crippen LogP contribution in [0, 0.1) is 11.7 Å². The molecule has 0 saturated carbocycles. The van der Waals surface area contributed by atoms with E-state index in [4.69, 9.17) is 0 Å². The number of aliphatic imine (C=N–C) groups is 1. The monoisotopic (exact) mass is 453 g/mol. The Bertz CT molecular complexity index is 984. The molecular weight excluding hydrogens is 433 g/mol. The van der Waals surface area contributed by atoms with E-state index in [1.807, 2.05) is 13.8 Å². The second-order valence-corrected chi connectivity index (χ2v) is 8.73. The van der Waals surface area contributed by atoms with Gasteiger partial charge in [-0.25, -0.2) is 22.8 Å². The van der Waals surface area contributed by atoms with E-state index in [1.54, 1.807) is 25.2 Å². The highest BCUT2D eigenvalue weighted by atomic mass is 79.9. The molecule has 0 fully saturated rings. The largest absolute Gasteiger partial charge is 0.287 e. The molecule has 0 amide bonds. The van der Waals surface area contributed by atoms with E-state index >= 15 is 0 Å². The van der Waals surface area contributed by atoms with E-state index in [1.165, 1.54) is 18.3 Å². The molecule has 1 aromatic heterocycles. The van der Waals surface area contributed by atoms with Gasteiger partial charge in [0.1, 0.15) is 5.82 Å². The summed E-state index contributed by atoms with van der Waals surface area (Å²) >= 11 is 3.52. The smallest absolute Gasteiger partial charge is 0.247 e. The van der Waals surface area contributed by atoms with Crippen LogP contribution in [0.25, 0.3) is 5.57 Å². The van der Waals surface area contributed by atoms with Crippen LogP contribution in [0.2, 0.25) is 0 Å². The normalized spacial score (nSPS) is 13.7. The fraction of sp³-hybridized carbons (Fsp3) is 0.316. The number of sulfone groups is 1. The Balaban J connectivity index is 2.79. The van der Waals surface area contributed by atoms with Crippen molar-refractivity contribution >= 4 is 37.1 Å². The Morgan fingerprint density at radius 3 is 2.33 bits per heavy atom. The number of alkyl halides is 1. The minimum Gasteiger partial charge on any atom is -0.287 e. The summed E-state index contributed by atoms with van der Waals surface area (Å²) in [5.74, 6) is -0.195. The van der Waals surface area contributed by atoms with E-state index in [0.717, 1.165) is 11.8 Å². The van der Waals surface area contributed by atoms with Gasteiger partial charge in [-0.3, -0.25) is 4.99 Å². The molecule has 27 heavy (non-hydrogen) atoms. The highest BCUT2D eigenvalue weighted by Gasteiger charge is 2.22. The molecule has 0 aliphatic rings. The fourth-order valence-electron chi connectivity index (χ4n) is 2.60. The van der Waals surface area contributed by atoms with Crippen molar-refractivity contribution < 1.29 is 12.8 Å². The van der Waals surface area contributed by atoms with Crippen molar-refractivity contribution in [2.45, 2.75) is 19.0 Å². The number of aromatic nitrogens is 2. The number of hydrogen-bond acceptors (Lipinski definition) is 5. The topological polar surface area (TPSA) is 72.3 Å². The molecule has 0 saturated heterocycles. The third-order valence-corrected chi connectivity index (χ3v) is 5.43. The van der Waals surface area contributed by atoms with Crippen molar-refractivity contribution in [1.82, 2.24) is 9.97 Å². The van der Waals surface area contributed by atoms with Gasteiger partial charge in [0.15, 0.2) is 0 Å². The van der Waals surface area contributed by atoms with Crippen molar-refractivity contribution in [2.24, 2.45) is 10.9 Å². The lowest BCUT2D eigenvalue weighted by molar-refractivity contribution is 0.592. The first kappa shape index (κ1) is 21.4. The second-order valence-electron chi connectivity index (χ2n) is 6.26. The number of allylic oxidation sites excluding steroid dienone is 2. The van der Waals surface area contributed by atoms with Crippen LogP contribution >= 0.6 is 15.9 Å². The zero-order valence-corrected chi connectivity index (χ0v) is 18.0. The maximum Gasteiger partial charge on any atom is 0.247 e. The molecule has 0 unspecified atom stereocenters. The lowest BCUT2D eigenvalue weighted by Gasteiger charge is -2.19. The summed E-state index contributed by atoms with van der Waals surface area (Å²) in [6.45, 7) is 4.07. The minimum absolute atomic E-state index is 0.147. The van der Waals surface area contributed by atoms with Crippen LogP contribution in [-0.4, -0.2) is 42.7 Å². The van der Waals surface area contributed by atoms with Gasteiger partial charge in [0.05, 0.1) is 11.4 Å². The van der Waals surface area contributed by atoms with Crippen LogP contribution in [0.15, 0.2) is 52.3 Å². The Morgan fingerprint density at radius 2 is 1.85 bits per heavy atom. The van der Waals surface area contributed by atoms with Crippen molar-refractivity contribution in [3.8, 4) is 0 Å². The van der Waals surface area contributed by atoms with Crippen LogP contribution in [0.3, 0.4) is 0 Å². The molecule has 2 aromatic rings. The first-order valence-corrected chi connectivity index (χ1v) is 11.3. The molecule has 8 heteroatoms. The zero-order valence-electron chi connectivity index (χ0n) is 15.6.